The number of primary amides is 3. The predicted octanol–water partition coefficient (Wildman–Crippen LogP) is -6.72. The lowest BCUT2D eigenvalue weighted by Gasteiger charge is -2.31. The number of nitrogens with one attached hydrogen (secondary N) is 7. The van der Waals surface area contributed by atoms with Gasteiger partial charge >= 0.3 is 0 Å². The van der Waals surface area contributed by atoms with Gasteiger partial charge in [0, 0.05) is 57.2 Å². The molecule has 2 aromatic rings. The third-order valence-corrected chi connectivity index (χ3v) is 13.9. The Balaban J connectivity index is 0.00000883. The van der Waals surface area contributed by atoms with Crippen LogP contribution in [0.1, 0.15) is 69.4 Å². The van der Waals surface area contributed by atoms with E-state index in [2.05, 4.69) is 42.2 Å². The summed E-state index contributed by atoms with van der Waals surface area (Å²) in [6.07, 6.45) is -1.34. The molecule has 0 aliphatic carbocycles. The largest absolute Gasteiger partial charge is 0.508 e. The van der Waals surface area contributed by atoms with Crippen molar-refractivity contribution < 1.29 is 84.2 Å². The first-order valence-electron chi connectivity index (χ1n) is 24.5. The SMILES string of the molecule is CC(=O)O.NC(=O)CCC1NC(=O)[C@H](Cc2ccccc2)NC(=O)C(Cc2ccc(O)cc2)NC(=O)CCSSCC(C(=O)N2CCC[C@H]2C(=O)N[C@H](CCCN=C(N)N)C(=O)NCC(N)=O)NC(=O)[C@H](CC(N)=O)NC1=O.O.O.O. The van der Waals surface area contributed by atoms with Gasteiger partial charge in [0.2, 0.25) is 65.0 Å². The summed E-state index contributed by atoms with van der Waals surface area (Å²) < 4.78 is 0. The molecule has 0 spiro atoms. The standard InChI is InChI=1S/C46H64N14O12S2.C2H4O2.3H2O/c47-35(62)15-14-29-40(67)58-32(22-36(48)63)43(70)59-33(45(72)60-18-5-9-34(60)44(71)56-28(8-4-17-52-46(50)51)39(66)53-23-37(49)64)24-74-73-19-16-38(65)54-30(21-26-10-12-27(61)13-11-26)41(68)57-31(42(69)55-29)20-25-6-2-1-3-7-25;1-2(3)4;;;/h1-3,6-7,10-13,28-34,61H,4-5,8-9,14-24H2,(H2,47,62)(H2,48,63)(H2,49,64)(H,53,66)(H,54,65)(H,55,69)(H,56,71)(H,57,68)(H,58,67)(H,59,70)(H4,50,51,52);1H3,(H,3,4);3*1H2/t28-,29?,30?,31+,32+,33?,34+;;;;/m1..../s1. The van der Waals surface area contributed by atoms with Crippen LogP contribution in [0.25, 0.3) is 0 Å². The number of amides is 11. The first kappa shape index (κ1) is 72.7. The predicted molar refractivity (Wildman–Crippen MR) is 296 cm³/mol. The van der Waals surface area contributed by atoms with Gasteiger partial charge in [0.25, 0.3) is 5.97 Å². The molecule has 31 nitrogen and oxygen atoms in total. The lowest BCUT2D eigenvalue weighted by Crippen LogP contribution is -2.61. The van der Waals surface area contributed by atoms with E-state index in [-0.39, 0.29) is 91.3 Å². The minimum atomic E-state index is -1.77. The quantitative estimate of drug-likeness (QED) is 0.0269. The fourth-order valence-corrected chi connectivity index (χ4v) is 9.93. The van der Waals surface area contributed by atoms with Gasteiger partial charge in [-0.05, 0) is 55.4 Å². The molecule has 0 bridgehead atoms. The Labute approximate surface area is 472 Å². The molecule has 81 heavy (non-hydrogen) atoms. The van der Waals surface area contributed by atoms with Crippen LogP contribution < -0.4 is 65.9 Å². The first-order chi connectivity index (χ1) is 36.9. The molecule has 2 saturated heterocycles. The van der Waals surface area contributed by atoms with Crippen molar-refractivity contribution in [1.29, 1.82) is 0 Å². The van der Waals surface area contributed by atoms with Crippen LogP contribution in [-0.2, 0) is 70.4 Å². The highest BCUT2D eigenvalue weighted by Crippen LogP contribution is 2.26. The molecular weight excluding hydrogens is 1110 g/mol. The molecule has 0 radical (unpaired) electrons. The number of carboxylic acids is 1. The van der Waals surface area contributed by atoms with E-state index in [0.717, 1.165) is 28.5 Å². The van der Waals surface area contributed by atoms with E-state index in [9.17, 15) is 57.8 Å². The van der Waals surface area contributed by atoms with Crippen molar-refractivity contribution in [2.24, 2.45) is 33.7 Å². The van der Waals surface area contributed by atoms with Crippen LogP contribution in [0.2, 0.25) is 0 Å². The number of benzene rings is 2. The molecule has 11 amide bonds. The highest BCUT2D eigenvalue weighted by Gasteiger charge is 2.40. The number of nitrogens with two attached hydrogens (primary N) is 5. The average molecular weight is 1180 g/mol. The zero-order chi connectivity index (χ0) is 57.9. The van der Waals surface area contributed by atoms with Gasteiger partial charge < -0.3 is 97.4 Å². The second-order valence-electron chi connectivity index (χ2n) is 17.9. The van der Waals surface area contributed by atoms with Crippen LogP contribution >= 0.6 is 21.6 Å². The summed E-state index contributed by atoms with van der Waals surface area (Å²) in [4.78, 5) is 162. The van der Waals surface area contributed by atoms with Crippen molar-refractivity contribution in [2.45, 2.75) is 113 Å². The molecule has 2 aliphatic rings. The fraction of sp³-hybridized carbons (Fsp3) is 0.479. The minimum absolute atomic E-state index is 0. The molecule has 2 fully saturated rings. The molecule has 7 atom stereocenters. The number of aliphatic imine (C=N–C) groups is 1. The van der Waals surface area contributed by atoms with E-state index >= 15 is 0 Å². The van der Waals surface area contributed by atoms with E-state index < -0.39 is 139 Å². The molecule has 0 saturated carbocycles. The van der Waals surface area contributed by atoms with E-state index in [1.54, 1.807) is 42.5 Å². The van der Waals surface area contributed by atoms with E-state index in [1.165, 1.54) is 17.0 Å². The molecule has 0 aromatic heterocycles. The molecular formula is C48H74N14O17S2. The van der Waals surface area contributed by atoms with Crippen LogP contribution in [0.3, 0.4) is 0 Å². The second-order valence-corrected chi connectivity index (χ2v) is 20.5. The summed E-state index contributed by atoms with van der Waals surface area (Å²) in [7, 11) is 2.19. The molecule has 450 valence electrons. The molecule has 2 aliphatic heterocycles. The lowest BCUT2D eigenvalue weighted by molar-refractivity contribution is -0.142. The number of likely N-dealkylation sites (tertiary alicyclic amines) is 1. The molecule has 2 heterocycles. The van der Waals surface area contributed by atoms with E-state index in [4.69, 9.17) is 38.6 Å². The number of carbonyl (C=O) groups is 12. The summed E-state index contributed by atoms with van der Waals surface area (Å²) in [5.74, 6) is -10.6. The Morgan fingerprint density at radius 1 is 0.728 bits per heavy atom. The summed E-state index contributed by atoms with van der Waals surface area (Å²) in [6, 6.07) is 4.52. The zero-order valence-corrected chi connectivity index (χ0v) is 45.9. The number of phenolic OH excluding ortho intramolecular Hbond substituents is 1. The van der Waals surface area contributed by atoms with Crippen LogP contribution in [0.5, 0.6) is 5.75 Å². The summed E-state index contributed by atoms with van der Waals surface area (Å²) in [5.41, 5.74) is 28.1. The van der Waals surface area contributed by atoms with Gasteiger partial charge in [-0.1, -0.05) is 64.1 Å². The maximum atomic E-state index is 14.6. The lowest BCUT2D eigenvalue weighted by atomic mass is 10.0. The smallest absolute Gasteiger partial charge is 0.300 e. The number of guanidine groups is 1. The van der Waals surface area contributed by atoms with Crippen molar-refractivity contribution in [1.82, 2.24) is 42.1 Å². The summed E-state index contributed by atoms with van der Waals surface area (Å²) in [6.45, 7) is 0.682. The minimum Gasteiger partial charge on any atom is -0.508 e. The topological polar surface area (TPSA) is 570 Å². The van der Waals surface area contributed by atoms with Crippen LogP contribution in [-0.4, -0.2) is 182 Å². The Morgan fingerprint density at radius 3 is 1.86 bits per heavy atom. The van der Waals surface area contributed by atoms with Crippen molar-refractivity contribution in [3.8, 4) is 5.75 Å². The molecule has 4 rings (SSSR count). The van der Waals surface area contributed by atoms with Crippen LogP contribution in [0.15, 0.2) is 59.6 Å². The third-order valence-electron chi connectivity index (χ3n) is 11.5. The van der Waals surface area contributed by atoms with Gasteiger partial charge in [-0.3, -0.25) is 62.5 Å². The van der Waals surface area contributed by atoms with Gasteiger partial charge in [0.05, 0.1) is 13.0 Å². The fourth-order valence-electron chi connectivity index (χ4n) is 7.78. The molecule has 2 aromatic carbocycles. The maximum Gasteiger partial charge on any atom is 0.300 e. The number of hydrogen-bond donors (Lipinski definition) is 14. The van der Waals surface area contributed by atoms with Gasteiger partial charge in [-0.15, -0.1) is 0 Å². The summed E-state index contributed by atoms with van der Waals surface area (Å²) in [5, 5.41) is 35.2. The second kappa shape index (κ2) is 37.6. The van der Waals surface area contributed by atoms with Crippen molar-refractivity contribution >= 4 is 98.5 Å². The van der Waals surface area contributed by atoms with Gasteiger partial charge in [0.15, 0.2) is 5.96 Å². The molecule has 25 N–H and O–H groups in total. The molecule has 33 heteroatoms. The van der Waals surface area contributed by atoms with Gasteiger partial charge in [-0.25, -0.2) is 0 Å². The highest BCUT2D eigenvalue weighted by molar-refractivity contribution is 8.76. The normalized spacial score (nSPS) is 20.2. The van der Waals surface area contributed by atoms with Crippen LogP contribution in [0.4, 0.5) is 0 Å². The van der Waals surface area contributed by atoms with Crippen molar-refractivity contribution in [2.75, 3.05) is 31.1 Å². The average Bonchev–Trinajstić information content (AvgIpc) is 3.87. The van der Waals surface area contributed by atoms with Crippen molar-refractivity contribution in [3.63, 3.8) is 0 Å². The number of aliphatic carboxylic acids is 1. The Morgan fingerprint density at radius 2 is 1.28 bits per heavy atom. The Hall–Kier alpha value is -8.27. The van der Waals surface area contributed by atoms with Crippen molar-refractivity contribution in [3.05, 3.63) is 65.7 Å². The van der Waals surface area contributed by atoms with Gasteiger partial charge in [-0.2, -0.15) is 0 Å². The van der Waals surface area contributed by atoms with Crippen LogP contribution in [0, 0.1) is 0 Å². The Bertz CT molecular complexity index is 2490. The number of phenols is 1. The number of rotatable bonds is 19. The summed E-state index contributed by atoms with van der Waals surface area (Å²) >= 11 is 0. The monoisotopic (exact) mass is 1180 g/mol. The van der Waals surface area contributed by atoms with Gasteiger partial charge in [0.1, 0.15) is 48.0 Å². The molecule has 3 unspecified atom stereocenters. The number of aromatic hydroxyl groups is 1. The van der Waals surface area contributed by atoms with E-state index in [1.807, 2.05) is 0 Å². The number of hydrogen-bond acceptors (Lipinski definition) is 16. The number of carbonyl (C=O) groups excluding carboxylic acids is 11. The number of nitrogens with zero attached hydrogens (tertiary/aromatic N) is 2. The third kappa shape index (κ3) is 27.4. The zero-order valence-electron chi connectivity index (χ0n) is 44.2. The van der Waals surface area contributed by atoms with E-state index in [0.29, 0.717) is 17.5 Å². The maximum absolute atomic E-state index is 14.6. The number of carboxylic acid groups (broad SMARTS) is 1. The Kier molecular flexibility index (Phi) is 33.7. The first-order valence-corrected chi connectivity index (χ1v) is 27.0. The highest BCUT2D eigenvalue weighted by atomic mass is 33.1.